The van der Waals surface area contributed by atoms with Crippen LogP contribution in [0.4, 0.5) is 0 Å². The average molecular weight is 216 g/mol. The first-order valence-corrected chi connectivity index (χ1v) is 4.60. The van der Waals surface area contributed by atoms with Crippen LogP contribution in [-0.4, -0.2) is 40.9 Å². The van der Waals surface area contributed by atoms with E-state index in [9.17, 15) is 14.4 Å². The molecule has 0 fully saturated rings. The van der Waals surface area contributed by atoms with Gasteiger partial charge in [0.2, 0.25) is 11.8 Å². The highest BCUT2D eigenvalue weighted by atomic mass is 16.4. The highest BCUT2D eigenvalue weighted by Crippen LogP contribution is 2.03. The van der Waals surface area contributed by atoms with E-state index in [0.717, 1.165) is 4.90 Å². The number of nitrogens with two attached hydrogens (primary N) is 1. The summed E-state index contributed by atoms with van der Waals surface area (Å²) in [4.78, 5) is 33.5. The van der Waals surface area contributed by atoms with E-state index in [4.69, 9.17) is 10.8 Å². The van der Waals surface area contributed by atoms with Crippen LogP contribution in [0.2, 0.25) is 0 Å². The fourth-order valence-corrected chi connectivity index (χ4v) is 1.06. The Balaban J connectivity index is 4.40. The van der Waals surface area contributed by atoms with Gasteiger partial charge in [-0.15, -0.1) is 0 Å². The molecular weight excluding hydrogens is 200 g/mol. The molecule has 6 nitrogen and oxygen atoms in total. The molecular formula is C9H16N2O4. The average Bonchev–Trinajstić information content (AvgIpc) is 1.99. The molecule has 0 aliphatic heterocycles. The van der Waals surface area contributed by atoms with Crippen LogP contribution in [0.15, 0.2) is 0 Å². The predicted molar refractivity (Wildman–Crippen MR) is 52.9 cm³/mol. The van der Waals surface area contributed by atoms with Crippen molar-refractivity contribution in [3.63, 3.8) is 0 Å². The number of amides is 2. The fraction of sp³-hybridized carbons (Fsp3) is 0.667. The van der Waals surface area contributed by atoms with Gasteiger partial charge in [-0.2, -0.15) is 0 Å². The maximum absolute atomic E-state index is 11.5. The summed E-state index contributed by atoms with van der Waals surface area (Å²) in [6.07, 6.45) is 0.209. The number of rotatable bonds is 6. The smallest absolute Gasteiger partial charge is 0.323 e. The van der Waals surface area contributed by atoms with Gasteiger partial charge in [-0.1, -0.05) is 13.8 Å². The number of hydrogen-bond acceptors (Lipinski definition) is 3. The summed E-state index contributed by atoms with van der Waals surface area (Å²) in [5, 5.41) is 8.53. The van der Waals surface area contributed by atoms with E-state index in [1.807, 2.05) is 13.8 Å². The maximum Gasteiger partial charge on any atom is 0.323 e. The molecule has 0 spiro atoms. The molecule has 0 aromatic carbocycles. The fourth-order valence-electron chi connectivity index (χ4n) is 1.06. The van der Waals surface area contributed by atoms with Crippen molar-refractivity contribution in [2.45, 2.75) is 20.3 Å². The zero-order chi connectivity index (χ0) is 12.0. The number of carboxylic acids is 1. The quantitative estimate of drug-likeness (QED) is 0.620. The van der Waals surface area contributed by atoms with Crippen LogP contribution in [0, 0.1) is 5.92 Å². The van der Waals surface area contributed by atoms with Gasteiger partial charge >= 0.3 is 5.97 Å². The molecule has 0 saturated carbocycles. The van der Waals surface area contributed by atoms with Crippen LogP contribution >= 0.6 is 0 Å². The topological polar surface area (TPSA) is 101 Å². The highest BCUT2D eigenvalue weighted by molar-refractivity contribution is 5.86. The van der Waals surface area contributed by atoms with E-state index < -0.39 is 18.4 Å². The molecule has 6 heteroatoms. The maximum atomic E-state index is 11.5. The van der Waals surface area contributed by atoms with Crippen LogP contribution in [0.25, 0.3) is 0 Å². The Hall–Kier alpha value is -1.59. The number of carbonyl (C=O) groups is 3. The molecule has 0 heterocycles. The highest BCUT2D eigenvalue weighted by Gasteiger charge is 2.19. The first kappa shape index (κ1) is 13.4. The van der Waals surface area contributed by atoms with Gasteiger partial charge in [-0.05, 0) is 5.92 Å². The second-order valence-corrected chi connectivity index (χ2v) is 3.71. The Kier molecular flexibility index (Phi) is 5.36. The molecule has 2 amide bonds. The third kappa shape index (κ3) is 6.48. The number of carbonyl (C=O) groups excluding carboxylic acids is 2. The summed E-state index contributed by atoms with van der Waals surface area (Å²) in [5.74, 6) is -2.13. The monoisotopic (exact) mass is 216 g/mol. The van der Waals surface area contributed by atoms with Crippen molar-refractivity contribution in [2.75, 3.05) is 13.1 Å². The molecule has 0 atom stereocenters. The van der Waals surface area contributed by atoms with Crippen LogP contribution in [0.5, 0.6) is 0 Å². The number of carboxylic acid groups (broad SMARTS) is 1. The summed E-state index contributed by atoms with van der Waals surface area (Å²) >= 11 is 0. The molecule has 0 aliphatic carbocycles. The van der Waals surface area contributed by atoms with E-state index in [0.29, 0.717) is 0 Å². The molecule has 3 N–H and O–H groups in total. The first-order chi connectivity index (χ1) is 6.82. The number of primary amides is 1. The van der Waals surface area contributed by atoms with Crippen molar-refractivity contribution in [2.24, 2.45) is 11.7 Å². The zero-order valence-corrected chi connectivity index (χ0v) is 8.90. The summed E-state index contributed by atoms with van der Waals surface area (Å²) in [6, 6.07) is 0. The Morgan fingerprint density at radius 2 is 1.80 bits per heavy atom. The molecule has 0 rings (SSSR count). The molecule has 0 aromatic rings. The number of hydrogen-bond donors (Lipinski definition) is 2. The van der Waals surface area contributed by atoms with E-state index >= 15 is 0 Å². The molecule has 0 aromatic heterocycles. The van der Waals surface area contributed by atoms with E-state index in [-0.39, 0.29) is 24.8 Å². The molecule has 0 saturated heterocycles. The summed E-state index contributed by atoms with van der Waals surface area (Å²) in [6.45, 7) is 2.83. The van der Waals surface area contributed by atoms with Gasteiger partial charge in [0, 0.05) is 6.42 Å². The van der Waals surface area contributed by atoms with Gasteiger partial charge < -0.3 is 15.7 Å². The first-order valence-electron chi connectivity index (χ1n) is 4.60. The molecule has 0 aliphatic rings. The van der Waals surface area contributed by atoms with Gasteiger partial charge in [0.05, 0.1) is 6.54 Å². The van der Waals surface area contributed by atoms with Gasteiger partial charge in [0.25, 0.3) is 0 Å². The lowest BCUT2D eigenvalue weighted by atomic mass is 10.1. The van der Waals surface area contributed by atoms with Crippen LogP contribution in [-0.2, 0) is 14.4 Å². The molecule has 0 radical (unpaired) electrons. The SMILES string of the molecule is CC(C)CC(=O)N(CC(N)=O)CC(=O)O. The second kappa shape index (κ2) is 6.00. The van der Waals surface area contributed by atoms with Crippen molar-refractivity contribution in [1.29, 1.82) is 0 Å². The number of nitrogens with zero attached hydrogens (tertiary/aromatic N) is 1. The van der Waals surface area contributed by atoms with Gasteiger partial charge in [-0.3, -0.25) is 14.4 Å². The second-order valence-electron chi connectivity index (χ2n) is 3.71. The zero-order valence-electron chi connectivity index (χ0n) is 8.90. The van der Waals surface area contributed by atoms with Gasteiger partial charge in [0.15, 0.2) is 0 Å². The van der Waals surface area contributed by atoms with Crippen molar-refractivity contribution in [3.8, 4) is 0 Å². The summed E-state index contributed by atoms with van der Waals surface area (Å²) in [5.41, 5.74) is 4.91. The van der Waals surface area contributed by atoms with Crippen molar-refractivity contribution in [3.05, 3.63) is 0 Å². The Bertz CT molecular complexity index is 247. The van der Waals surface area contributed by atoms with Crippen LogP contribution in [0.1, 0.15) is 20.3 Å². The summed E-state index contributed by atoms with van der Waals surface area (Å²) < 4.78 is 0. The minimum absolute atomic E-state index is 0.113. The van der Waals surface area contributed by atoms with E-state index in [1.54, 1.807) is 0 Å². The third-order valence-electron chi connectivity index (χ3n) is 1.61. The largest absolute Gasteiger partial charge is 0.480 e. The predicted octanol–water partition coefficient (Wildman–Crippen LogP) is -0.569. The van der Waals surface area contributed by atoms with Gasteiger partial charge in [0.1, 0.15) is 6.54 Å². The van der Waals surface area contributed by atoms with Gasteiger partial charge in [-0.25, -0.2) is 0 Å². The minimum Gasteiger partial charge on any atom is -0.480 e. The summed E-state index contributed by atoms with van der Waals surface area (Å²) in [7, 11) is 0. The van der Waals surface area contributed by atoms with E-state index in [1.165, 1.54) is 0 Å². The van der Waals surface area contributed by atoms with E-state index in [2.05, 4.69) is 0 Å². The van der Waals surface area contributed by atoms with Crippen molar-refractivity contribution >= 4 is 17.8 Å². The Morgan fingerprint density at radius 3 is 2.13 bits per heavy atom. The Labute approximate surface area is 88.0 Å². The standard InChI is InChI=1S/C9H16N2O4/c1-6(2)3-8(13)11(4-7(10)12)5-9(14)15/h6H,3-5H2,1-2H3,(H2,10,12)(H,14,15). The lowest BCUT2D eigenvalue weighted by Crippen LogP contribution is -2.41. The molecule has 15 heavy (non-hydrogen) atoms. The third-order valence-corrected chi connectivity index (χ3v) is 1.61. The Morgan fingerprint density at radius 1 is 1.27 bits per heavy atom. The normalized spacial score (nSPS) is 10.1. The lowest BCUT2D eigenvalue weighted by molar-refractivity contribution is -0.145. The van der Waals surface area contributed by atoms with Crippen molar-refractivity contribution < 1.29 is 19.5 Å². The minimum atomic E-state index is -1.16. The lowest BCUT2D eigenvalue weighted by Gasteiger charge is -2.19. The van der Waals surface area contributed by atoms with Crippen LogP contribution < -0.4 is 5.73 Å². The van der Waals surface area contributed by atoms with Crippen molar-refractivity contribution in [1.82, 2.24) is 4.90 Å². The molecule has 0 unspecified atom stereocenters. The van der Waals surface area contributed by atoms with Crippen LogP contribution in [0.3, 0.4) is 0 Å². The molecule has 86 valence electrons. The molecule has 0 bridgehead atoms. The number of aliphatic carboxylic acids is 1.